The monoisotopic (exact) mass is 269 g/mol. The second-order valence-corrected chi connectivity index (χ2v) is 5.56. The van der Waals surface area contributed by atoms with Crippen molar-refractivity contribution in [3.8, 4) is 0 Å². The number of amides is 1. The van der Waals surface area contributed by atoms with Crippen LogP contribution in [0.25, 0.3) is 0 Å². The van der Waals surface area contributed by atoms with Crippen LogP contribution in [0.4, 0.5) is 0 Å². The molecule has 1 unspecified atom stereocenters. The molecule has 1 heterocycles. The van der Waals surface area contributed by atoms with Gasteiger partial charge in [0, 0.05) is 38.6 Å². The van der Waals surface area contributed by atoms with Crippen molar-refractivity contribution in [3.05, 3.63) is 0 Å². The summed E-state index contributed by atoms with van der Waals surface area (Å²) in [6, 6.07) is 0. The molecule has 0 spiro atoms. The van der Waals surface area contributed by atoms with E-state index in [1.807, 2.05) is 0 Å². The van der Waals surface area contributed by atoms with Crippen molar-refractivity contribution < 1.29 is 4.79 Å². The van der Waals surface area contributed by atoms with Crippen LogP contribution < -0.4 is 5.73 Å². The Labute approximate surface area is 118 Å². The van der Waals surface area contributed by atoms with Gasteiger partial charge < -0.3 is 15.5 Å². The molecule has 0 aromatic heterocycles. The molecule has 19 heavy (non-hydrogen) atoms. The number of hydrogen-bond acceptors (Lipinski definition) is 3. The van der Waals surface area contributed by atoms with E-state index in [4.69, 9.17) is 5.73 Å². The Morgan fingerprint density at radius 2 is 2.00 bits per heavy atom. The molecule has 0 bridgehead atoms. The van der Waals surface area contributed by atoms with Gasteiger partial charge in [-0.1, -0.05) is 26.7 Å². The minimum absolute atomic E-state index is 0.237. The summed E-state index contributed by atoms with van der Waals surface area (Å²) < 4.78 is 0. The lowest BCUT2D eigenvalue weighted by Crippen LogP contribution is -2.39. The van der Waals surface area contributed by atoms with Gasteiger partial charge in [0.05, 0.1) is 0 Å². The van der Waals surface area contributed by atoms with E-state index in [-0.39, 0.29) is 5.92 Å². The fourth-order valence-corrected chi connectivity index (χ4v) is 2.81. The van der Waals surface area contributed by atoms with Crippen LogP contribution in [0.5, 0.6) is 0 Å². The van der Waals surface area contributed by atoms with E-state index in [1.165, 1.54) is 6.42 Å². The van der Waals surface area contributed by atoms with E-state index in [2.05, 4.69) is 23.6 Å². The summed E-state index contributed by atoms with van der Waals surface area (Å²) in [5, 5.41) is 0. The number of hydrogen-bond donors (Lipinski definition) is 1. The number of nitrogens with two attached hydrogens (primary N) is 1. The standard InChI is InChI=1S/C15H31N3O/c1-3-5-7-14(4-2)15(19)18-10-6-9-17(11-8-16)12-13-18/h14H,3-13,16H2,1-2H3. The fraction of sp³-hybridized carbons (Fsp3) is 0.933. The smallest absolute Gasteiger partial charge is 0.225 e. The summed E-state index contributed by atoms with van der Waals surface area (Å²) in [4.78, 5) is 17.0. The first kappa shape index (κ1) is 16.4. The van der Waals surface area contributed by atoms with E-state index in [9.17, 15) is 4.79 Å². The van der Waals surface area contributed by atoms with E-state index in [0.717, 1.165) is 58.4 Å². The van der Waals surface area contributed by atoms with Crippen LogP contribution in [0, 0.1) is 5.92 Å². The van der Waals surface area contributed by atoms with Gasteiger partial charge in [-0.3, -0.25) is 4.79 Å². The summed E-state index contributed by atoms with van der Waals surface area (Å²) in [5.74, 6) is 0.617. The van der Waals surface area contributed by atoms with E-state index >= 15 is 0 Å². The number of rotatable bonds is 7. The number of carbonyl (C=O) groups is 1. The fourth-order valence-electron chi connectivity index (χ4n) is 2.81. The molecule has 0 radical (unpaired) electrons. The van der Waals surface area contributed by atoms with Crippen LogP contribution in [0.15, 0.2) is 0 Å². The van der Waals surface area contributed by atoms with Gasteiger partial charge in [-0.2, -0.15) is 0 Å². The molecule has 1 atom stereocenters. The van der Waals surface area contributed by atoms with Crippen molar-refractivity contribution in [3.63, 3.8) is 0 Å². The van der Waals surface area contributed by atoms with Gasteiger partial charge in [-0.05, 0) is 25.8 Å². The first-order valence-corrected chi connectivity index (χ1v) is 7.94. The van der Waals surface area contributed by atoms with Gasteiger partial charge in [0.2, 0.25) is 5.91 Å². The molecule has 0 aliphatic carbocycles. The van der Waals surface area contributed by atoms with Crippen LogP contribution in [-0.2, 0) is 4.79 Å². The van der Waals surface area contributed by atoms with Crippen LogP contribution >= 0.6 is 0 Å². The molecule has 1 fully saturated rings. The molecule has 1 rings (SSSR count). The molecule has 1 aliphatic rings. The van der Waals surface area contributed by atoms with Crippen molar-refractivity contribution >= 4 is 5.91 Å². The van der Waals surface area contributed by atoms with Gasteiger partial charge in [-0.15, -0.1) is 0 Å². The number of nitrogens with zero attached hydrogens (tertiary/aromatic N) is 2. The Bertz CT molecular complexity index is 258. The minimum atomic E-state index is 0.237. The van der Waals surface area contributed by atoms with E-state index < -0.39 is 0 Å². The zero-order valence-corrected chi connectivity index (χ0v) is 12.7. The third-order valence-electron chi connectivity index (χ3n) is 4.09. The van der Waals surface area contributed by atoms with Gasteiger partial charge in [0.1, 0.15) is 0 Å². The van der Waals surface area contributed by atoms with E-state index in [0.29, 0.717) is 12.5 Å². The van der Waals surface area contributed by atoms with Crippen LogP contribution in [0.1, 0.15) is 46.0 Å². The summed E-state index contributed by atoms with van der Waals surface area (Å²) in [5.41, 5.74) is 5.61. The molecular formula is C15H31N3O. The second kappa shape index (κ2) is 9.32. The van der Waals surface area contributed by atoms with Crippen LogP contribution in [0.3, 0.4) is 0 Å². The average molecular weight is 269 g/mol. The molecule has 0 saturated carbocycles. The molecule has 112 valence electrons. The summed E-state index contributed by atoms with van der Waals surface area (Å²) in [7, 11) is 0. The quantitative estimate of drug-likeness (QED) is 0.765. The van der Waals surface area contributed by atoms with Crippen LogP contribution in [-0.4, -0.2) is 55.0 Å². The van der Waals surface area contributed by atoms with Crippen molar-refractivity contribution in [1.29, 1.82) is 0 Å². The average Bonchev–Trinajstić information content (AvgIpc) is 2.65. The highest BCUT2D eigenvalue weighted by Crippen LogP contribution is 2.17. The summed E-state index contributed by atoms with van der Waals surface area (Å²) >= 11 is 0. The predicted molar refractivity (Wildman–Crippen MR) is 80.0 cm³/mol. The molecular weight excluding hydrogens is 238 g/mol. The maximum absolute atomic E-state index is 12.5. The van der Waals surface area contributed by atoms with Gasteiger partial charge in [0.15, 0.2) is 0 Å². The summed E-state index contributed by atoms with van der Waals surface area (Å²) in [6.45, 7) is 9.84. The topological polar surface area (TPSA) is 49.6 Å². The third-order valence-corrected chi connectivity index (χ3v) is 4.09. The number of unbranched alkanes of at least 4 members (excludes halogenated alkanes) is 1. The van der Waals surface area contributed by atoms with Gasteiger partial charge in [0.25, 0.3) is 0 Å². The van der Waals surface area contributed by atoms with Crippen molar-refractivity contribution in [1.82, 2.24) is 9.80 Å². The lowest BCUT2D eigenvalue weighted by molar-refractivity contribution is -0.135. The predicted octanol–water partition coefficient (Wildman–Crippen LogP) is 1.70. The molecule has 1 aliphatic heterocycles. The highest BCUT2D eigenvalue weighted by molar-refractivity contribution is 5.78. The Hall–Kier alpha value is -0.610. The Kier molecular flexibility index (Phi) is 8.07. The zero-order valence-electron chi connectivity index (χ0n) is 12.7. The van der Waals surface area contributed by atoms with Crippen molar-refractivity contribution in [2.75, 3.05) is 39.3 Å². The Balaban J connectivity index is 2.46. The molecule has 1 saturated heterocycles. The van der Waals surface area contributed by atoms with E-state index in [1.54, 1.807) is 0 Å². The first-order chi connectivity index (χ1) is 9.22. The zero-order chi connectivity index (χ0) is 14.1. The van der Waals surface area contributed by atoms with Crippen LogP contribution in [0.2, 0.25) is 0 Å². The maximum Gasteiger partial charge on any atom is 0.225 e. The summed E-state index contributed by atoms with van der Waals surface area (Å²) in [6.07, 6.45) is 5.44. The van der Waals surface area contributed by atoms with Gasteiger partial charge >= 0.3 is 0 Å². The highest BCUT2D eigenvalue weighted by Gasteiger charge is 2.24. The SMILES string of the molecule is CCCCC(CC)C(=O)N1CCCN(CCN)CC1. The molecule has 4 nitrogen and oxygen atoms in total. The van der Waals surface area contributed by atoms with Crippen molar-refractivity contribution in [2.24, 2.45) is 11.7 Å². The second-order valence-electron chi connectivity index (χ2n) is 5.56. The Morgan fingerprint density at radius 1 is 1.21 bits per heavy atom. The maximum atomic E-state index is 12.5. The lowest BCUT2D eigenvalue weighted by Gasteiger charge is -2.26. The first-order valence-electron chi connectivity index (χ1n) is 7.94. The molecule has 0 aromatic rings. The third kappa shape index (κ3) is 5.49. The number of carbonyl (C=O) groups excluding carboxylic acids is 1. The minimum Gasteiger partial charge on any atom is -0.341 e. The Morgan fingerprint density at radius 3 is 2.63 bits per heavy atom. The highest BCUT2D eigenvalue weighted by atomic mass is 16.2. The lowest BCUT2D eigenvalue weighted by atomic mass is 9.97. The molecule has 0 aromatic carbocycles. The van der Waals surface area contributed by atoms with Gasteiger partial charge in [-0.25, -0.2) is 0 Å². The van der Waals surface area contributed by atoms with Crippen molar-refractivity contribution in [2.45, 2.75) is 46.0 Å². The molecule has 4 heteroatoms. The molecule has 1 amide bonds. The normalized spacial score (nSPS) is 19.2. The molecule has 2 N–H and O–H groups in total. The largest absolute Gasteiger partial charge is 0.341 e.